The Balaban J connectivity index is 0. The van der Waals surface area contributed by atoms with Crippen LogP contribution >= 0.6 is 0 Å². The molecule has 0 aliphatic carbocycles. The molecule has 0 bridgehead atoms. The average Bonchev–Trinajstić information content (AvgIpc) is 1.72. The minimum Gasteiger partial charge on any atom is -1.00 e. The molecular weight excluding hydrogens is 126 g/mol. The maximum atomic E-state index is 3.67. The zero-order valence-electron chi connectivity index (χ0n) is 4.58. The first-order chi connectivity index (χ1) is 3.00. The van der Waals surface area contributed by atoms with Crippen molar-refractivity contribution >= 4 is 0 Å². The zero-order chi connectivity index (χ0) is 4.24. The van der Waals surface area contributed by atoms with E-state index in [0.717, 1.165) is 0 Å². The van der Waals surface area contributed by atoms with Gasteiger partial charge in [0.2, 0.25) is 0 Å². The number of hydrogen-bond donors (Lipinski definition) is 1. The lowest BCUT2D eigenvalue weighted by Gasteiger charge is -1.70. The summed E-state index contributed by atoms with van der Waals surface area (Å²) in [6.07, 6.45) is 4.88. The molecule has 0 aliphatic rings. The van der Waals surface area contributed by atoms with Crippen LogP contribution in [0.2, 0.25) is 0 Å². The predicted molar refractivity (Wildman–Crippen MR) is 28.0 cm³/mol. The molecule has 46 valence electrons. The van der Waals surface area contributed by atoms with Gasteiger partial charge in [-0.2, -0.15) is 0 Å². The van der Waals surface area contributed by atoms with Crippen LogP contribution in [-0.4, -0.2) is 9.97 Å². The van der Waals surface area contributed by atoms with Crippen LogP contribution in [0.15, 0.2) is 24.8 Å². The number of nitrogens with zero attached hydrogens (tertiary/aromatic N) is 2. The highest BCUT2D eigenvalue weighted by molar-refractivity contribution is 4.74. The van der Waals surface area contributed by atoms with E-state index >= 15 is 0 Å². The Labute approximate surface area is 54.2 Å². The normalized spacial score (nSPS) is 6.00. The third-order valence-corrected chi connectivity index (χ3v) is 0.478. The molecule has 1 heterocycles. The highest BCUT2D eigenvalue weighted by Gasteiger charge is 1.59. The van der Waals surface area contributed by atoms with Gasteiger partial charge in [0.05, 0.1) is 0 Å². The van der Waals surface area contributed by atoms with Gasteiger partial charge in [-0.15, -0.1) is 0 Å². The molecular formula is C4H8ClN3. The van der Waals surface area contributed by atoms with Gasteiger partial charge in [-0.3, -0.25) is 0 Å². The van der Waals surface area contributed by atoms with Crippen molar-refractivity contribution in [3.05, 3.63) is 24.8 Å². The van der Waals surface area contributed by atoms with Crippen molar-refractivity contribution in [1.29, 1.82) is 0 Å². The fraction of sp³-hybridized carbons (Fsp3) is 0. The molecule has 4 N–H and O–H groups in total. The maximum absolute atomic E-state index is 3.67. The summed E-state index contributed by atoms with van der Waals surface area (Å²) in [6.45, 7) is 0. The zero-order valence-corrected chi connectivity index (χ0v) is 5.34. The maximum Gasteiger partial charge on any atom is 0.115 e. The van der Waals surface area contributed by atoms with E-state index in [2.05, 4.69) is 9.97 Å². The lowest BCUT2D eigenvalue weighted by atomic mass is 10.7. The molecule has 0 spiro atoms. The topological polar surface area (TPSA) is 62.3 Å². The second-order valence-corrected chi connectivity index (χ2v) is 0.904. The van der Waals surface area contributed by atoms with E-state index in [1.807, 2.05) is 0 Å². The third kappa shape index (κ3) is 3.52. The van der Waals surface area contributed by atoms with Gasteiger partial charge in [0.25, 0.3) is 0 Å². The molecule has 0 saturated carbocycles. The lowest BCUT2D eigenvalue weighted by molar-refractivity contribution is -0.00000183. The van der Waals surface area contributed by atoms with Crippen molar-refractivity contribution in [2.45, 2.75) is 0 Å². The van der Waals surface area contributed by atoms with Crippen molar-refractivity contribution in [1.82, 2.24) is 16.1 Å². The van der Waals surface area contributed by atoms with Gasteiger partial charge < -0.3 is 18.6 Å². The van der Waals surface area contributed by atoms with Crippen LogP contribution in [0, 0.1) is 0 Å². The molecule has 1 aromatic rings. The van der Waals surface area contributed by atoms with E-state index in [1.165, 1.54) is 6.33 Å². The molecule has 0 radical (unpaired) electrons. The Bertz CT molecular complexity index is 83.2. The van der Waals surface area contributed by atoms with Gasteiger partial charge in [-0.1, -0.05) is 0 Å². The molecule has 0 saturated heterocycles. The first kappa shape index (κ1) is 10.3. The molecule has 0 aliphatic heterocycles. The second kappa shape index (κ2) is 6.33. The lowest BCUT2D eigenvalue weighted by Crippen LogP contribution is -3.00. The average molecular weight is 134 g/mol. The van der Waals surface area contributed by atoms with Gasteiger partial charge >= 0.3 is 0 Å². The number of halogens is 1. The number of rotatable bonds is 0. The molecule has 0 unspecified atom stereocenters. The molecule has 4 heteroatoms. The molecule has 8 heavy (non-hydrogen) atoms. The Morgan fingerprint density at radius 3 is 1.62 bits per heavy atom. The minimum absolute atomic E-state index is 0. The highest BCUT2D eigenvalue weighted by atomic mass is 35.5. The predicted octanol–water partition coefficient (Wildman–Crippen LogP) is -2.14. The Kier molecular flexibility index (Phi) is 8.18. The first-order valence-corrected chi connectivity index (χ1v) is 1.70. The Hall–Kier alpha value is -0.670. The third-order valence-electron chi connectivity index (χ3n) is 0.478. The van der Waals surface area contributed by atoms with Crippen LogP contribution in [0.3, 0.4) is 0 Å². The van der Waals surface area contributed by atoms with Crippen LogP contribution < -0.4 is 18.6 Å². The fourth-order valence-corrected chi connectivity index (χ4v) is 0.253. The van der Waals surface area contributed by atoms with Gasteiger partial charge in [0.1, 0.15) is 6.33 Å². The number of hydrogen-bond acceptors (Lipinski definition) is 2. The SMILES string of the molecule is [Cl-].[NH4+].c1cncnc1. The quantitative estimate of drug-likeness (QED) is 0.439. The summed E-state index contributed by atoms with van der Waals surface area (Å²) in [7, 11) is 0. The minimum atomic E-state index is 0. The van der Waals surface area contributed by atoms with E-state index in [9.17, 15) is 0 Å². The standard InChI is InChI=1S/C4H4N2.ClH.H3N/c1-2-5-4-6-3-1;;/h1-4H;1H;1H3. The molecule has 3 nitrogen and oxygen atoms in total. The largest absolute Gasteiger partial charge is 1.00 e. The fourth-order valence-electron chi connectivity index (χ4n) is 0.253. The van der Waals surface area contributed by atoms with Crippen molar-refractivity contribution in [2.75, 3.05) is 0 Å². The van der Waals surface area contributed by atoms with Crippen molar-refractivity contribution < 1.29 is 12.4 Å². The molecule has 1 aromatic heterocycles. The molecule has 0 amide bonds. The number of aromatic nitrogens is 2. The van der Waals surface area contributed by atoms with Crippen molar-refractivity contribution in [2.24, 2.45) is 0 Å². The number of quaternary nitrogens is 1. The van der Waals surface area contributed by atoms with Gasteiger partial charge in [-0.25, -0.2) is 9.97 Å². The van der Waals surface area contributed by atoms with E-state index in [1.54, 1.807) is 18.5 Å². The van der Waals surface area contributed by atoms with Crippen LogP contribution in [0.1, 0.15) is 0 Å². The highest BCUT2D eigenvalue weighted by Crippen LogP contribution is 1.66. The Morgan fingerprint density at radius 2 is 1.50 bits per heavy atom. The van der Waals surface area contributed by atoms with E-state index in [4.69, 9.17) is 0 Å². The van der Waals surface area contributed by atoms with Crippen LogP contribution in [0.25, 0.3) is 0 Å². The monoisotopic (exact) mass is 133 g/mol. The van der Waals surface area contributed by atoms with Crippen molar-refractivity contribution in [3.63, 3.8) is 0 Å². The van der Waals surface area contributed by atoms with E-state index in [0.29, 0.717) is 0 Å². The second-order valence-electron chi connectivity index (χ2n) is 0.904. The summed E-state index contributed by atoms with van der Waals surface area (Å²) in [6, 6.07) is 1.78. The molecule has 0 aromatic carbocycles. The van der Waals surface area contributed by atoms with E-state index < -0.39 is 0 Å². The van der Waals surface area contributed by atoms with Crippen LogP contribution in [-0.2, 0) is 0 Å². The van der Waals surface area contributed by atoms with Gasteiger partial charge in [0.15, 0.2) is 0 Å². The smallest absolute Gasteiger partial charge is 0.115 e. The summed E-state index contributed by atoms with van der Waals surface area (Å²) in [5.74, 6) is 0. The van der Waals surface area contributed by atoms with Crippen LogP contribution in [0.5, 0.6) is 0 Å². The van der Waals surface area contributed by atoms with Gasteiger partial charge in [-0.05, 0) is 6.07 Å². The first-order valence-electron chi connectivity index (χ1n) is 1.70. The van der Waals surface area contributed by atoms with Crippen molar-refractivity contribution in [3.8, 4) is 0 Å². The Morgan fingerprint density at radius 1 is 1.00 bits per heavy atom. The summed E-state index contributed by atoms with van der Waals surface area (Å²) >= 11 is 0. The van der Waals surface area contributed by atoms with Gasteiger partial charge in [0, 0.05) is 12.4 Å². The summed E-state index contributed by atoms with van der Waals surface area (Å²) < 4.78 is 0. The summed E-state index contributed by atoms with van der Waals surface area (Å²) in [5.41, 5.74) is 0. The van der Waals surface area contributed by atoms with E-state index in [-0.39, 0.29) is 18.6 Å². The summed E-state index contributed by atoms with van der Waals surface area (Å²) in [4.78, 5) is 7.35. The molecule has 0 fully saturated rings. The van der Waals surface area contributed by atoms with Crippen LogP contribution in [0.4, 0.5) is 0 Å². The molecule has 0 atom stereocenters. The molecule has 1 rings (SSSR count). The summed E-state index contributed by atoms with van der Waals surface area (Å²) in [5, 5.41) is 0.